The second-order valence-electron chi connectivity index (χ2n) is 5.75. The van der Waals surface area contributed by atoms with E-state index in [1.165, 1.54) is 12.3 Å². The monoisotopic (exact) mass is 300 g/mol. The van der Waals surface area contributed by atoms with Gasteiger partial charge >= 0.3 is 6.18 Å². The van der Waals surface area contributed by atoms with Crippen LogP contribution in [0.1, 0.15) is 31.2 Å². The molecule has 1 atom stereocenters. The number of ether oxygens (including phenoxy) is 1. The van der Waals surface area contributed by atoms with Crippen LogP contribution in [0.25, 0.3) is 0 Å². The molecule has 1 aromatic heterocycles. The minimum atomic E-state index is -4.35. The van der Waals surface area contributed by atoms with E-state index < -0.39 is 11.7 Å². The molecule has 1 aromatic rings. The van der Waals surface area contributed by atoms with Crippen LogP contribution in [0.15, 0.2) is 18.3 Å². The van der Waals surface area contributed by atoms with Crippen LogP contribution in [0.3, 0.4) is 0 Å². The predicted octanol–water partition coefficient (Wildman–Crippen LogP) is 3.50. The van der Waals surface area contributed by atoms with Crippen LogP contribution >= 0.6 is 0 Å². The van der Waals surface area contributed by atoms with E-state index in [-0.39, 0.29) is 5.82 Å². The largest absolute Gasteiger partial charge is 0.419 e. The van der Waals surface area contributed by atoms with Crippen molar-refractivity contribution in [3.05, 3.63) is 23.9 Å². The fourth-order valence-corrected chi connectivity index (χ4v) is 3.33. The van der Waals surface area contributed by atoms with Crippen LogP contribution in [0.5, 0.6) is 0 Å². The maximum absolute atomic E-state index is 13.0. The van der Waals surface area contributed by atoms with E-state index in [1.54, 1.807) is 4.90 Å². The molecule has 3 nitrogen and oxygen atoms in total. The van der Waals surface area contributed by atoms with Gasteiger partial charge in [-0.1, -0.05) is 0 Å². The summed E-state index contributed by atoms with van der Waals surface area (Å²) in [7, 11) is 0. The summed E-state index contributed by atoms with van der Waals surface area (Å²) < 4.78 is 44.8. The summed E-state index contributed by atoms with van der Waals surface area (Å²) in [4.78, 5) is 5.72. The number of rotatable bonds is 2. The van der Waals surface area contributed by atoms with Crippen LogP contribution in [-0.4, -0.2) is 30.8 Å². The van der Waals surface area contributed by atoms with Crippen LogP contribution in [-0.2, 0) is 10.9 Å². The van der Waals surface area contributed by atoms with E-state index in [2.05, 4.69) is 4.98 Å². The first-order valence-electron chi connectivity index (χ1n) is 7.44. The number of halogens is 3. The molecule has 116 valence electrons. The molecule has 3 heterocycles. The lowest BCUT2D eigenvalue weighted by molar-refractivity contribution is -0.137. The molecule has 2 aliphatic heterocycles. The molecule has 2 aliphatic rings. The molecule has 1 unspecified atom stereocenters. The van der Waals surface area contributed by atoms with Crippen molar-refractivity contribution in [2.75, 3.05) is 24.6 Å². The summed E-state index contributed by atoms with van der Waals surface area (Å²) in [6, 6.07) is 2.44. The molecule has 0 aliphatic carbocycles. The molecule has 0 bridgehead atoms. The molecule has 0 saturated carbocycles. The van der Waals surface area contributed by atoms with E-state index in [0.29, 0.717) is 25.1 Å². The highest BCUT2D eigenvalue weighted by atomic mass is 19.4. The van der Waals surface area contributed by atoms with Gasteiger partial charge in [0.05, 0.1) is 11.7 Å². The second kappa shape index (κ2) is 5.83. The van der Waals surface area contributed by atoms with E-state index >= 15 is 0 Å². The van der Waals surface area contributed by atoms with Gasteiger partial charge in [-0.3, -0.25) is 0 Å². The predicted molar refractivity (Wildman–Crippen MR) is 73.2 cm³/mol. The number of alkyl halides is 3. The Morgan fingerprint density at radius 2 is 1.95 bits per heavy atom. The van der Waals surface area contributed by atoms with Crippen molar-refractivity contribution in [2.45, 2.75) is 38.0 Å². The lowest BCUT2D eigenvalue weighted by Gasteiger charge is -2.36. The maximum Gasteiger partial charge on any atom is 0.419 e. The minimum Gasteiger partial charge on any atom is -0.378 e. The number of nitrogens with zero attached hydrogens (tertiary/aromatic N) is 2. The molecule has 0 aromatic carbocycles. The second-order valence-corrected chi connectivity index (χ2v) is 5.75. The normalized spacial score (nSPS) is 24.5. The van der Waals surface area contributed by atoms with Crippen LogP contribution in [0.4, 0.5) is 19.0 Å². The zero-order chi connectivity index (χ0) is 14.9. The Balaban J connectivity index is 1.69. The molecular formula is C15H19F3N2O. The highest BCUT2D eigenvalue weighted by Crippen LogP contribution is 2.37. The van der Waals surface area contributed by atoms with Crippen molar-refractivity contribution >= 4 is 5.82 Å². The van der Waals surface area contributed by atoms with Crippen molar-refractivity contribution in [3.8, 4) is 0 Å². The number of aromatic nitrogens is 1. The first-order valence-corrected chi connectivity index (χ1v) is 7.44. The molecule has 0 spiro atoms. The summed E-state index contributed by atoms with van der Waals surface area (Å²) >= 11 is 0. The van der Waals surface area contributed by atoms with Crippen molar-refractivity contribution < 1.29 is 17.9 Å². The third-order valence-corrected chi connectivity index (χ3v) is 4.42. The van der Waals surface area contributed by atoms with Crippen LogP contribution < -0.4 is 4.90 Å². The van der Waals surface area contributed by atoms with Gasteiger partial charge in [0.2, 0.25) is 0 Å². The van der Waals surface area contributed by atoms with E-state index in [0.717, 1.165) is 38.4 Å². The third kappa shape index (κ3) is 3.15. The Labute approximate surface area is 122 Å². The molecule has 0 radical (unpaired) electrons. The molecule has 6 heteroatoms. The first kappa shape index (κ1) is 14.6. The number of anilines is 1. The van der Waals surface area contributed by atoms with Gasteiger partial charge in [-0.25, -0.2) is 4.98 Å². The Hall–Kier alpha value is -1.30. The molecular weight excluding hydrogens is 281 g/mol. The maximum atomic E-state index is 13.0. The van der Waals surface area contributed by atoms with Crippen molar-refractivity contribution in [3.63, 3.8) is 0 Å². The summed E-state index contributed by atoms with van der Waals surface area (Å²) in [5, 5.41) is 0. The zero-order valence-corrected chi connectivity index (χ0v) is 11.8. The zero-order valence-electron chi connectivity index (χ0n) is 11.8. The molecule has 2 saturated heterocycles. The van der Waals surface area contributed by atoms with Crippen molar-refractivity contribution in [1.82, 2.24) is 4.98 Å². The number of hydrogen-bond donors (Lipinski definition) is 0. The first-order chi connectivity index (χ1) is 10.1. The van der Waals surface area contributed by atoms with Gasteiger partial charge in [-0.15, -0.1) is 0 Å². The van der Waals surface area contributed by atoms with Crippen molar-refractivity contribution in [2.24, 2.45) is 5.92 Å². The summed E-state index contributed by atoms with van der Waals surface area (Å²) in [5.41, 5.74) is -0.638. The van der Waals surface area contributed by atoms with E-state index in [4.69, 9.17) is 4.74 Å². The number of hydrogen-bond acceptors (Lipinski definition) is 3. The van der Waals surface area contributed by atoms with Crippen molar-refractivity contribution in [1.29, 1.82) is 0 Å². The Morgan fingerprint density at radius 1 is 1.19 bits per heavy atom. The lowest BCUT2D eigenvalue weighted by atomic mass is 9.89. The smallest absolute Gasteiger partial charge is 0.378 e. The quantitative estimate of drug-likeness (QED) is 0.836. The third-order valence-electron chi connectivity index (χ3n) is 4.42. The molecule has 0 amide bonds. The molecule has 2 fully saturated rings. The van der Waals surface area contributed by atoms with E-state index in [9.17, 15) is 13.2 Å². The van der Waals surface area contributed by atoms with Gasteiger partial charge in [0.15, 0.2) is 0 Å². The average molecular weight is 300 g/mol. The standard InChI is InChI=1S/C15H19F3N2O/c16-15(17,18)12-3-1-7-19-14(12)20-8-5-11(6-9-20)13-4-2-10-21-13/h1,3,7,11,13H,2,4-6,8-10H2. The number of pyridine rings is 1. The molecule has 0 N–H and O–H groups in total. The topological polar surface area (TPSA) is 25.4 Å². The Bertz CT molecular complexity index is 478. The van der Waals surface area contributed by atoms with Crippen LogP contribution in [0, 0.1) is 5.92 Å². The molecule has 21 heavy (non-hydrogen) atoms. The van der Waals surface area contributed by atoms with Gasteiger partial charge in [0.25, 0.3) is 0 Å². The molecule has 3 rings (SSSR count). The van der Waals surface area contributed by atoms with Gasteiger partial charge in [-0.2, -0.15) is 13.2 Å². The summed E-state index contributed by atoms with van der Waals surface area (Å²) in [6.07, 6.45) is 1.31. The van der Waals surface area contributed by atoms with Gasteiger partial charge in [0.1, 0.15) is 5.82 Å². The van der Waals surface area contributed by atoms with Crippen LogP contribution in [0.2, 0.25) is 0 Å². The lowest BCUT2D eigenvalue weighted by Crippen LogP contribution is -2.39. The van der Waals surface area contributed by atoms with E-state index in [1.807, 2.05) is 0 Å². The summed E-state index contributed by atoms with van der Waals surface area (Å²) in [5.74, 6) is 0.539. The minimum absolute atomic E-state index is 0.0655. The summed E-state index contributed by atoms with van der Waals surface area (Å²) in [6.45, 7) is 2.05. The highest BCUT2D eigenvalue weighted by Gasteiger charge is 2.37. The number of piperidine rings is 1. The SMILES string of the molecule is FC(F)(F)c1cccnc1N1CCC(C2CCCO2)CC1. The fraction of sp³-hybridized carbons (Fsp3) is 0.667. The van der Waals surface area contributed by atoms with Gasteiger partial charge in [0, 0.05) is 25.9 Å². The van der Waals surface area contributed by atoms with Gasteiger partial charge in [-0.05, 0) is 43.7 Å². The highest BCUT2D eigenvalue weighted by molar-refractivity contribution is 5.48. The van der Waals surface area contributed by atoms with Gasteiger partial charge < -0.3 is 9.64 Å². The average Bonchev–Trinajstić information content (AvgIpc) is 3.01. The fourth-order valence-electron chi connectivity index (χ4n) is 3.33. The Morgan fingerprint density at radius 3 is 2.57 bits per heavy atom. The Kier molecular flexibility index (Phi) is 4.06.